The van der Waals surface area contributed by atoms with Gasteiger partial charge >= 0.3 is 12.4 Å². The summed E-state index contributed by atoms with van der Waals surface area (Å²) in [6, 6.07) is 24.8. The minimum absolute atomic E-state index is 0.0343. The first kappa shape index (κ1) is 40.4. The number of carbonyl (C=O) groups excluding carboxylic acids is 2. The number of fused-ring (bicyclic) bond motifs is 2. The third kappa shape index (κ3) is 6.63. The van der Waals surface area contributed by atoms with Crippen LogP contribution < -0.4 is 9.80 Å². The van der Waals surface area contributed by atoms with Crippen molar-refractivity contribution >= 4 is 23.2 Å². The number of carbonyl (C=O) groups is 2. The predicted molar refractivity (Wildman–Crippen MR) is 219 cm³/mol. The van der Waals surface area contributed by atoms with Gasteiger partial charge in [-0.2, -0.15) is 26.3 Å². The van der Waals surface area contributed by atoms with E-state index in [1.165, 1.54) is 46.5 Å². The summed E-state index contributed by atoms with van der Waals surface area (Å²) < 4.78 is 78.6. The van der Waals surface area contributed by atoms with E-state index in [9.17, 15) is 35.9 Å². The molecule has 0 bridgehead atoms. The van der Waals surface area contributed by atoms with Crippen LogP contribution in [0.1, 0.15) is 70.2 Å². The van der Waals surface area contributed by atoms with Gasteiger partial charge in [-0.05, 0) is 99.9 Å². The number of nitrogens with zero attached hydrogens (tertiary/aromatic N) is 4. The molecule has 4 saturated carbocycles. The van der Waals surface area contributed by atoms with Crippen LogP contribution in [-0.2, 0) is 32.8 Å². The number of amides is 2. The first-order valence-electron chi connectivity index (χ1n) is 20.9. The van der Waals surface area contributed by atoms with Crippen molar-refractivity contribution in [3.05, 3.63) is 129 Å². The molecular formula is C48H50F6N4O2. The standard InChI is InChI=1S/2C24H25F3N2O/c2*1-16-3-6-18(7-4-16)22-14-23(22,15-22)21(30)29-11-9-28(10-12-29)20-13-19(24(25,26)27)8-5-17(20)2/h2*3-8,13H,9-12,14-15H2,1-2H3. The Hall–Kier alpha value is -5.00. The SMILES string of the molecule is Cc1ccc(C23CC2(C(=O)N2CCN(c4cc(C(F)(F)F)ccc4C)CC2)C3)cc1.Cc1ccc(C23CC2(C(=O)N2CCN(c4cc(C(F)(F)F)ccc4C)CC2)C3)cc1. The van der Waals surface area contributed by atoms with Crippen LogP contribution in [-0.4, -0.2) is 74.0 Å². The van der Waals surface area contributed by atoms with E-state index < -0.39 is 23.5 Å². The molecule has 0 atom stereocenters. The number of benzene rings is 4. The van der Waals surface area contributed by atoms with E-state index in [0.29, 0.717) is 63.7 Å². The molecule has 316 valence electrons. The highest BCUT2D eigenvalue weighted by atomic mass is 19.4. The zero-order valence-electron chi connectivity index (χ0n) is 34.4. The van der Waals surface area contributed by atoms with Gasteiger partial charge in [-0.3, -0.25) is 9.59 Å². The quantitative estimate of drug-likeness (QED) is 0.182. The highest BCUT2D eigenvalue weighted by Crippen LogP contribution is 2.87. The second-order valence-electron chi connectivity index (χ2n) is 18.3. The fourth-order valence-electron chi connectivity index (χ4n) is 10.4. The Morgan fingerprint density at radius 1 is 0.467 bits per heavy atom. The molecule has 6 aliphatic rings. The molecule has 4 aromatic rings. The summed E-state index contributed by atoms with van der Waals surface area (Å²) in [4.78, 5) is 34.2. The number of halogens is 6. The lowest BCUT2D eigenvalue weighted by Crippen LogP contribution is -2.50. The van der Waals surface area contributed by atoms with E-state index >= 15 is 0 Å². The van der Waals surface area contributed by atoms with E-state index in [1.807, 2.05) is 33.4 Å². The maximum atomic E-state index is 13.2. The summed E-state index contributed by atoms with van der Waals surface area (Å²) in [5, 5.41) is 0. The molecule has 2 aliphatic heterocycles. The highest BCUT2D eigenvalue weighted by Gasteiger charge is 2.88. The topological polar surface area (TPSA) is 47.1 Å². The second-order valence-corrected chi connectivity index (χ2v) is 18.3. The second kappa shape index (κ2) is 13.8. The highest BCUT2D eigenvalue weighted by molar-refractivity contribution is 5.95. The van der Waals surface area contributed by atoms with Gasteiger partial charge in [0.25, 0.3) is 0 Å². The van der Waals surface area contributed by atoms with E-state index in [0.717, 1.165) is 48.9 Å². The lowest BCUT2D eigenvalue weighted by Gasteiger charge is -2.37. The van der Waals surface area contributed by atoms with Crippen LogP contribution in [0.15, 0.2) is 84.9 Å². The summed E-state index contributed by atoms with van der Waals surface area (Å²) in [6.07, 6.45) is -5.00. The van der Waals surface area contributed by atoms with Crippen LogP contribution in [0.25, 0.3) is 0 Å². The van der Waals surface area contributed by atoms with Crippen molar-refractivity contribution in [2.45, 2.75) is 76.6 Å². The molecule has 2 saturated heterocycles. The van der Waals surface area contributed by atoms with Crippen LogP contribution in [0.2, 0.25) is 0 Å². The first-order valence-corrected chi connectivity index (χ1v) is 20.9. The lowest BCUT2D eigenvalue weighted by atomic mass is 10.0. The zero-order valence-corrected chi connectivity index (χ0v) is 34.4. The molecule has 0 N–H and O–H groups in total. The lowest BCUT2D eigenvalue weighted by molar-refractivity contribution is -0.138. The minimum Gasteiger partial charge on any atom is -0.368 e. The number of rotatable bonds is 6. The largest absolute Gasteiger partial charge is 0.416 e. The Kier molecular flexibility index (Phi) is 9.27. The summed E-state index contributed by atoms with van der Waals surface area (Å²) in [7, 11) is 0. The average molecular weight is 829 g/mol. The monoisotopic (exact) mass is 828 g/mol. The van der Waals surface area contributed by atoms with Gasteiger partial charge in [0.15, 0.2) is 0 Å². The number of hydrogen-bond donors (Lipinski definition) is 0. The Bertz CT molecular complexity index is 2160. The van der Waals surface area contributed by atoms with Gasteiger partial charge in [0, 0.05) is 74.6 Å². The van der Waals surface area contributed by atoms with Crippen LogP contribution in [0.4, 0.5) is 37.7 Å². The van der Waals surface area contributed by atoms with Crippen molar-refractivity contribution in [2.24, 2.45) is 10.8 Å². The third-order valence-electron chi connectivity index (χ3n) is 14.7. The molecule has 0 radical (unpaired) electrons. The fraction of sp³-hybridized carbons (Fsp3) is 0.458. The maximum absolute atomic E-state index is 13.2. The molecule has 0 aromatic heterocycles. The number of piperazine rings is 2. The Labute approximate surface area is 347 Å². The molecule has 4 aliphatic carbocycles. The van der Waals surface area contributed by atoms with Gasteiger partial charge in [-0.25, -0.2) is 0 Å². The summed E-state index contributed by atoms with van der Waals surface area (Å²) >= 11 is 0. The number of alkyl halides is 6. The molecule has 2 heterocycles. The fourth-order valence-corrected chi connectivity index (χ4v) is 10.4. The summed E-state index contributed by atoms with van der Waals surface area (Å²) in [5.74, 6) is 0.451. The van der Waals surface area contributed by atoms with Gasteiger partial charge in [0.05, 0.1) is 22.0 Å². The Morgan fingerprint density at radius 3 is 1.08 bits per heavy atom. The molecule has 2 amide bonds. The van der Waals surface area contributed by atoms with Crippen LogP contribution in [0.3, 0.4) is 0 Å². The van der Waals surface area contributed by atoms with Crippen molar-refractivity contribution < 1.29 is 35.9 Å². The maximum Gasteiger partial charge on any atom is 0.416 e. The molecular weight excluding hydrogens is 779 g/mol. The first-order chi connectivity index (χ1) is 28.3. The van der Waals surface area contributed by atoms with E-state index in [4.69, 9.17) is 0 Å². The molecule has 10 rings (SSSR count). The summed E-state index contributed by atoms with van der Waals surface area (Å²) in [5.41, 5.74) is 6.20. The average Bonchev–Trinajstić information content (AvgIpc) is 4.13. The Morgan fingerprint density at radius 2 is 0.783 bits per heavy atom. The van der Waals surface area contributed by atoms with Gasteiger partial charge in [0.2, 0.25) is 11.8 Å². The molecule has 4 aromatic carbocycles. The van der Waals surface area contributed by atoms with Crippen LogP contribution in [0, 0.1) is 38.5 Å². The van der Waals surface area contributed by atoms with Crippen LogP contribution >= 0.6 is 0 Å². The molecule has 60 heavy (non-hydrogen) atoms. The normalized spacial score (nSPS) is 27.6. The van der Waals surface area contributed by atoms with Crippen molar-refractivity contribution in [2.75, 3.05) is 62.2 Å². The van der Waals surface area contributed by atoms with Crippen molar-refractivity contribution in [3.8, 4) is 0 Å². The van der Waals surface area contributed by atoms with E-state index in [2.05, 4.69) is 62.4 Å². The summed E-state index contributed by atoms with van der Waals surface area (Å²) in [6.45, 7) is 12.2. The molecule has 6 nitrogen and oxygen atoms in total. The van der Waals surface area contributed by atoms with Crippen LogP contribution in [0.5, 0.6) is 0 Å². The van der Waals surface area contributed by atoms with Crippen molar-refractivity contribution in [1.82, 2.24) is 9.80 Å². The number of aryl methyl sites for hydroxylation is 4. The molecule has 6 fully saturated rings. The minimum atomic E-state index is -4.35. The van der Waals surface area contributed by atoms with Gasteiger partial charge in [-0.1, -0.05) is 71.8 Å². The molecule has 0 unspecified atom stereocenters. The third-order valence-corrected chi connectivity index (χ3v) is 14.7. The smallest absolute Gasteiger partial charge is 0.368 e. The number of anilines is 2. The molecule has 0 spiro atoms. The van der Waals surface area contributed by atoms with Crippen molar-refractivity contribution in [1.29, 1.82) is 0 Å². The van der Waals surface area contributed by atoms with Crippen molar-refractivity contribution in [3.63, 3.8) is 0 Å². The predicted octanol–water partition coefficient (Wildman–Crippen LogP) is 9.41. The number of hydrogen-bond acceptors (Lipinski definition) is 4. The van der Waals surface area contributed by atoms with E-state index in [1.54, 1.807) is 0 Å². The van der Waals surface area contributed by atoms with E-state index in [-0.39, 0.29) is 33.5 Å². The molecule has 12 heteroatoms. The Balaban J connectivity index is 0.000000154. The van der Waals surface area contributed by atoms with Gasteiger partial charge in [-0.15, -0.1) is 0 Å². The van der Waals surface area contributed by atoms with Gasteiger partial charge in [0.1, 0.15) is 0 Å². The zero-order chi connectivity index (χ0) is 42.6. The van der Waals surface area contributed by atoms with Gasteiger partial charge < -0.3 is 19.6 Å².